The topological polar surface area (TPSA) is 86.7 Å². The Kier molecular flexibility index (Phi) is 36.2. The lowest BCUT2D eigenvalue weighted by molar-refractivity contribution is -0.193. The third kappa shape index (κ3) is 45.9. The summed E-state index contributed by atoms with van der Waals surface area (Å²) in [7, 11) is -4.97. The van der Waals surface area contributed by atoms with Crippen LogP contribution in [0.1, 0.15) is 50.0 Å². The summed E-state index contributed by atoms with van der Waals surface area (Å²) in [6.07, 6.45) is 1.72. The molecule has 0 N–H and O–H groups in total. The maximum absolute atomic E-state index is 8.12. The number of hydrogen-bond acceptors (Lipinski definition) is 6. The largest absolute Gasteiger partial charge is 0.437 e. The fourth-order valence-corrected chi connectivity index (χ4v) is 14.8. The van der Waals surface area contributed by atoms with E-state index in [1.54, 1.807) is 0 Å². The van der Waals surface area contributed by atoms with Crippen molar-refractivity contribution >= 4 is 37.5 Å². The summed E-state index contributed by atoms with van der Waals surface area (Å²) in [6, 6.07) is 1.14. The summed E-state index contributed by atoms with van der Waals surface area (Å²) in [5, 5.41) is 0. The van der Waals surface area contributed by atoms with Crippen molar-refractivity contribution < 1.29 is 27.4 Å². The predicted octanol–water partition coefficient (Wildman–Crippen LogP) is 6.18. The zero-order valence-electron chi connectivity index (χ0n) is 15.9. The lowest BCUT2D eigenvalue weighted by Gasteiger charge is -2.38. The molecule has 6 nitrogen and oxygen atoms in total. The summed E-state index contributed by atoms with van der Waals surface area (Å²) < 4.78 is 12.9. The van der Waals surface area contributed by atoms with Gasteiger partial charge >= 0.3 is 20.9 Å². The van der Waals surface area contributed by atoms with Gasteiger partial charge in [0.15, 0.2) is 16.6 Å². The van der Waals surface area contributed by atoms with Crippen LogP contribution in [-0.4, -0.2) is 37.5 Å². The summed E-state index contributed by atoms with van der Waals surface area (Å²) >= 11 is 0. The van der Waals surface area contributed by atoms with Crippen molar-refractivity contribution in [2.24, 2.45) is 5.92 Å². The van der Waals surface area contributed by atoms with E-state index in [4.69, 9.17) is 27.4 Å². The highest BCUT2D eigenvalue weighted by Crippen LogP contribution is 2.26. The van der Waals surface area contributed by atoms with Gasteiger partial charge in [0.25, 0.3) is 0 Å². The van der Waals surface area contributed by atoms with Crippen molar-refractivity contribution in [1.82, 2.24) is 0 Å². The Bertz CT molecular complexity index is 348. The van der Waals surface area contributed by atoms with Gasteiger partial charge in [0.1, 0.15) is 0 Å². The van der Waals surface area contributed by atoms with E-state index < -0.39 is 25.2 Å². The Morgan fingerprint density at radius 1 is 0.667 bits per heavy atom. The van der Waals surface area contributed by atoms with Crippen LogP contribution in [0.2, 0.25) is 51.9 Å². The lowest BCUT2D eigenvalue weighted by atomic mass is 10.2. The molecule has 0 aromatic rings. The second kappa shape index (κ2) is 21.6. The van der Waals surface area contributed by atoms with E-state index in [0.717, 1.165) is 12.0 Å². The van der Waals surface area contributed by atoms with Crippen LogP contribution in [0.15, 0.2) is 0 Å². The average molecular weight is 445 g/mol. The van der Waals surface area contributed by atoms with Gasteiger partial charge in [0.2, 0.25) is 0 Å². The van der Waals surface area contributed by atoms with Gasteiger partial charge in [-0.05, 0) is 64.2 Å². The smallest absolute Gasteiger partial charge is 0.373 e. The van der Waals surface area contributed by atoms with Crippen LogP contribution in [0, 0.1) is 5.92 Å². The number of hydrogen-bond donors (Lipinski definition) is 0. The van der Waals surface area contributed by atoms with Gasteiger partial charge in [-0.1, -0.05) is 43.6 Å². The minimum Gasteiger partial charge on any atom is -0.437 e. The van der Waals surface area contributed by atoms with Gasteiger partial charge in [0, 0.05) is 0 Å². The first-order chi connectivity index (χ1) is 10.2. The van der Waals surface area contributed by atoms with E-state index in [1.807, 2.05) is 0 Å². The average Bonchev–Trinajstić information content (AvgIpc) is 2.23. The third-order valence-electron chi connectivity index (χ3n) is 2.22. The second-order valence-electron chi connectivity index (χ2n) is 7.66. The molecular weight excluding hydrogens is 396 g/mol. The quantitative estimate of drug-likeness (QED) is 0.435. The zero-order chi connectivity index (χ0) is 19.3. The fraction of sp³-hybridized carbons (Fsp3) is 0.889. The maximum atomic E-state index is 8.12. The Labute approximate surface area is 172 Å². The highest BCUT2D eigenvalue weighted by atomic mass is 28.5. The Morgan fingerprint density at radius 3 is 1.04 bits per heavy atom. The molecule has 0 rings (SSSR count). The summed E-state index contributed by atoms with van der Waals surface area (Å²) in [5.74, 6) is 0.734. The molecule has 0 aliphatic rings. The SMILES string of the molecule is C.C.C.C.CC(C)CC[Si](C)(O[Si](C)(C)C)O[Si](C)(C)C.O=C=O.O=C=O. The molecule has 168 valence electrons. The van der Waals surface area contributed by atoms with E-state index in [9.17, 15) is 0 Å². The summed E-state index contributed by atoms with van der Waals surface area (Å²) in [6.45, 7) is 20.4. The molecule has 0 fully saturated rings. The zero-order valence-corrected chi connectivity index (χ0v) is 18.9. The van der Waals surface area contributed by atoms with E-state index in [1.165, 1.54) is 6.42 Å². The Morgan fingerprint density at radius 2 is 0.889 bits per heavy atom. The molecule has 0 heterocycles. The van der Waals surface area contributed by atoms with E-state index in [-0.39, 0.29) is 42.0 Å². The van der Waals surface area contributed by atoms with Crippen molar-refractivity contribution in [2.45, 2.75) is 102 Å². The van der Waals surface area contributed by atoms with Gasteiger partial charge in [-0.2, -0.15) is 19.2 Å². The molecule has 0 amide bonds. The van der Waals surface area contributed by atoms with Crippen molar-refractivity contribution in [3.8, 4) is 0 Å². The predicted molar refractivity (Wildman–Crippen MR) is 122 cm³/mol. The normalized spacial score (nSPS) is 9.70. The third-order valence-corrected chi connectivity index (χ3v) is 11.8. The molecule has 0 aromatic heterocycles. The molecule has 0 bridgehead atoms. The number of rotatable bonds is 7. The van der Waals surface area contributed by atoms with Gasteiger partial charge in [-0.25, -0.2) is 0 Å². The summed E-state index contributed by atoms with van der Waals surface area (Å²) in [4.78, 5) is 32.5. The van der Waals surface area contributed by atoms with E-state index >= 15 is 0 Å². The van der Waals surface area contributed by atoms with Crippen molar-refractivity contribution in [2.75, 3.05) is 0 Å². The molecule has 27 heavy (non-hydrogen) atoms. The first-order valence-electron chi connectivity index (χ1n) is 7.55. The maximum Gasteiger partial charge on any atom is 0.373 e. The highest BCUT2D eigenvalue weighted by molar-refractivity contribution is 6.87. The van der Waals surface area contributed by atoms with Gasteiger partial charge < -0.3 is 8.23 Å². The Hall–Kier alpha value is -0.669. The molecule has 9 heteroatoms. The molecule has 0 unspecified atom stereocenters. The fourth-order valence-electron chi connectivity index (χ4n) is 1.97. The molecule has 0 radical (unpaired) electrons. The first-order valence-corrected chi connectivity index (χ1v) is 16.9. The van der Waals surface area contributed by atoms with Crippen molar-refractivity contribution in [1.29, 1.82) is 0 Å². The molecule has 0 aliphatic carbocycles. The highest BCUT2D eigenvalue weighted by Gasteiger charge is 2.39. The molecule has 0 saturated carbocycles. The summed E-state index contributed by atoms with van der Waals surface area (Å²) in [5.41, 5.74) is 0. The van der Waals surface area contributed by atoms with Crippen LogP contribution in [0.3, 0.4) is 0 Å². The molecular formula is C18H48O6Si3. The van der Waals surface area contributed by atoms with Crippen LogP contribution < -0.4 is 0 Å². The minimum atomic E-state index is -1.96. The van der Waals surface area contributed by atoms with Gasteiger partial charge in [-0.15, -0.1) is 0 Å². The lowest BCUT2D eigenvalue weighted by Crippen LogP contribution is -2.52. The molecule has 0 aromatic carbocycles. The molecule has 0 atom stereocenters. The van der Waals surface area contributed by atoms with Crippen molar-refractivity contribution in [3.05, 3.63) is 0 Å². The van der Waals surface area contributed by atoms with Crippen LogP contribution in [0.25, 0.3) is 0 Å². The van der Waals surface area contributed by atoms with Crippen molar-refractivity contribution in [3.63, 3.8) is 0 Å². The van der Waals surface area contributed by atoms with Crippen LogP contribution in [0.4, 0.5) is 0 Å². The molecule has 0 saturated heterocycles. The second-order valence-corrected chi connectivity index (χ2v) is 20.5. The van der Waals surface area contributed by atoms with Crippen LogP contribution in [-0.2, 0) is 27.4 Å². The first kappa shape index (κ1) is 45.2. The van der Waals surface area contributed by atoms with Gasteiger partial charge in [-0.3, -0.25) is 0 Å². The molecule has 0 spiro atoms. The standard InChI is InChI=1S/C12H32O2Si3.2CO2.4CH4/c1-12(2)10-11-17(9,13-15(3,4)5)14-16(6,7)8;2*2-1-3;;;;/h12H,10-11H2,1-9H3;;;4*1H4. The van der Waals surface area contributed by atoms with E-state index in [2.05, 4.69) is 59.7 Å². The Balaban J connectivity index is -0.0000000707. The minimum absolute atomic E-state index is 0. The van der Waals surface area contributed by atoms with Crippen LogP contribution >= 0.6 is 0 Å². The molecule has 0 aliphatic heterocycles. The monoisotopic (exact) mass is 444 g/mol. The number of carbonyl (C=O) groups excluding carboxylic acids is 4. The van der Waals surface area contributed by atoms with Gasteiger partial charge in [0.05, 0.1) is 0 Å². The van der Waals surface area contributed by atoms with E-state index in [0.29, 0.717) is 0 Å². The van der Waals surface area contributed by atoms with Crippen LogP contribution in [0.5, 0.6) is 0 Å².